The summed E-state index contributed by atoms with van der Waals surface area (Å²) in [5.41, 5.74) is 1.47. The Morgan fingerprint density at radius 3 is 2.40 bits per heavy atom. The minimum atomic E-state index is -0.192. The number of carbonyl (C=O) groups is 1. The second-order valence-electron chi connectivity index (χ2n) is 7.50. The normalized spacial score (nSPS) is 16.3. The first-order valence-corrected chi connectivity index (χ1v) is 7.57. The van der Waals surface area contributed by atoms with Gasteiger partial charge in [-0.15, -0.1) is 0 Å². The molecule has 1 N–H and O–H groups in total. The third-order valence-electron chi connectivity index (χ3n) is 3.94. The molecule has 1 aliphatic rings. The van der Waals surface area contributed by atoms with Crippen LogP contribution in [0, 0.1) is 0 Å². The summed E-state index contributed by atoms with van der Waals surface area (Å²) in [4.78, 5) is 12.4. The minimum absolute atomic E-state index is 0.0678. The van der Waals surface area contributed by atoms with Crippen molar-refractivity contribution in [2.45, 2.75) is 77.8 Å². The number of hydrogen-bond donors (Lipinski definition) is 1. The molecular weight excluding hydrogens is 250 g/mol. The molecule has 1 amide bonds. The molecule has 1 heterocycles. The average molecular weight is 277 g/mol. The Kier molecular flexibility index (Phi) is 3.69. The molecule has 1 aromatic heterocycles. The van der Waals surface area contributed by atoms with E-state index in [1.807, 2.05) is 24.6 Å². The molecule has 1 saturated carbocycles. The molecule has 0 atom stereocenters. The van der Waals surface area contributed by atoms with Gasteiger partial charge in [0.05, 0.1) is 5.54 Å². The molecule has 0 unspecified atom stereocenters. The van der Waals surface area contributed by atoms with Crippen LogP contribution < -0.4 is 5.32 Å². The lowest BCUT2D eigenvalue weighted by Gasteiger charge is -2.24. The van der Waals surface area contributed by atoms with E-state index in [9.17, 15) is 4.79 Å². The van der Waals surface area contributed by atoms with E-state index >= 15 is 0 Å². The Morgan fingerprint density at radius 2 is 1.95 bits per heavy atom. The number of carbonyl (C=O) groups excluding carboxylic acids is 1. The zero-order valence-corrected chi connectivity index (χ0v) is 13.6. The lowest BCUT2D eigenvalue weighted by atomic mass is 10.0. The van der Waals surface area contributed by atoms with Crippen molar-refractivity contribution >= 4 is 5.91 Å². The number of aromatic nitrogens is 2. The Hall–Kier alpha value is -1.32. The maximum Gasteiger partial charge on any atom is 0.272 e. The highest BCUT2D eigenvalue weighted by Gasteiger charge is 2.33. The first-order valence-electron chi connectivity index (χ1n) is 7.57. The van der Waals surface area contributed by atoms with Gasteiger partial charge >= 0.3 is 0 Å². The summed E-state index contributed by atoms with van der Waals surface area (Å²) in [6.45, 7) is 12.5. The molecule has 0 saturated heterocycles. The fraction of sp³-hybridized carbons (Fsp3) is 0.750. The van der Waals surface area contributed by atoms with Crippen molar-refractivity contribution in [1.29, 1.82) is 0 Å². The Bertz CT molecular complexity index is 504. The SMILES string of the molecule is CCC(C)(C)NC(=O)c1cc(C2CC2)n(C(C)(C)C)n1. The monoisotopic (exact) mass is 277 g/mol. The molecular formula is C16H27N3O. The molecule has 4 heteroatoms. The molecule has 0 radical (unpaired) electrons. The Balaban J connectivity index is 2.27. The van der Waals surface area contributed by atoms with Gasteiger partial charge in [0.25, 0.3) is 5.91 Å². The van der Waals surface area contributed by atoms with Gasteiger partial charge in [-0.05, 0) is 59.9 Å². The van der Waals surface area contributed by atoms with E-state index in [0.29, 0.717) is 11.6 Å². The van der Waals surface area contributed by atoms with Crippen molar-refractivity contribution in [3.63, 3.8) is 0 Å². The largest absolute Gasteiger partial charge is 0.346 e. The predicted octanol–water partition coefficient (Wildman–Crippen LogP) is 3.43. The van der Waals surface area contributed by atoms with Crippen molar-refractivity contribution < 1.29 is 4.79 Å². The highest BCUT2D eigenvalue weighted by atomic mass is 16.2. The van der Waals surface area contributed by atoms with Crippen LogP contribution in [0.2, 0.25) is 0 Å². The van der Waals surface area contributed by atoms with Gasteiger partial charge in [-0.1, -0.05) is 6.92 Å². The summed E-state index contributed by atoms with van der Waals surface area (Å²) in [5.74, 6) is 0.518. The zero-order chi connectivity index (χ0) is 15.1. The second-order valence-corrected chi connectivity index (χ2v) is 7.50. The van der Waals surface area contributed by atoms with Crippen molar-refractivity contribution in [3.05, 3.63) is 17.5 Å². The van der Waals surface area contributed by atoms with Crippen LogP contribution in [0.15, 0.2) is 6.07 Å². The van der Waals surface area contributed by atoms with Gasteiger partial charge in [-0.3, -0.25) is 9.48 Å². The predicted molar refractivity (Wildman–Crippen MR) is 81.0 cm³/mol. The third kappa shape index (κ3) is 3.22. The van der Waals surface area contributed by atoms with Crippen LogP contribution in [-0.2, 0) is 5.54 Å². The van der Waals surface area contributed by atoms with Crippen LogP contribution in [0.4, 0.5) is 0 Å². The molecule has 0 aliphatic heterocycles. The highest BCUT2D eigenvalue weighted by Crippen LogP contribution is 2.41. The number of amides is 1. The van der Waals surface area contributed by atoms with Gasteiger partial charge in [0.15, 0.2) is 0 Å². The lowest BCUT2D eigenvalue weighted by Crippen LogP contribution is -2.43. The van der Waals surface area contributed by atoms with Gasteiger partial charge in [-0.25, -0.2) is 0 Å². The molecule has 1 aliphatic carbocycles. The Labute approximate surface area is 121 Å². The van der Waals surface area contributed by atoms with E-state index in [4.69, 9.17) is 0 Å². The van der Waals surface area contributed by atoms with Crippen LogP contribution >= 0.6 is 0 Å². The number of hydrogen-bond acceptors (Lipinski definition) is 2. The lowest BCUT2D eigenvalue weighted by molar-refractivity contribution is 0.0904. The number of nitrogens with zero attached hydrogens (tertiary/aromatic N) is 2. The molecule has 20 heavy (non-hydrogen) atoms. The molecule has 1 fully saturated rings. The van der Waals surface area contributed by atoms with Crippen LogP contribution in [0.3, 0.4) is 0 Å². The van der Waals surface area contributed by atoms with E-state index in [1.54, 1.807) is 0 Å². The molecule has 0 aromatic carbocycles. The van der Waals surface area contributed by atoms with E-state index in [-0.39, 0.29) is 17.0 Å². The minimum Gasteiger partial charge on any atom is -0.346 e. The summed E-state index contributed by atoms with van der Waals surface area (Å²) in [6, 6.07) is 1.98. The van der Waals surface area contributed by atoms with E-state index in [0.717, 1.165) is 6.42 Å². The van der Waals surface area contributed by atoms with Crippen molar-refractivity contribution in [3.8, 4) is 0 Å². The topological polar surface area (TPSA) is 46.9 Å². The summed E-state index contributed by atoms with van der Waals surface area (Å²) in [5, 5.41) is 7.62. The smallest absolute Gasteiger partial charge is 0.272 e. The van der Waals surface area contributed by atoms with Crippen LogP contribution in [0.5, 0.6) is 0 Å². The first kappa shape index (κ1) is 15.1. The molecule has 112 valence electrons. The van der Waals surface area contributed by atoms with Crippen LogP contribution in [0.1, 0.15) is 82.9 Å². The summed E-state index contributed by atoms with van der Waals surface area (Å²) in [6.07, 6.45) is 3.32. The van der Waals surface area contributed by atoms with E-state index in [1.165, 1.54) is 18.5 Å². The molecule has 2 rings (SSSR count). The molecule has 0 spiro atoms. The maximum absolute atomic E-state index is 12.4. The van der Waals surface area contributed by atoms with Crippen LogP contribution in [0.25, 0.3) is 0 Å². The average Bonchev–Trinajstić information content (AvgIpc) is 3.05. The molecule has 4 nitrogen and oxygen atoms in total. The van der Waals surface area contributed by atoms with E-state index in [2.05, 4.69) is 38.1 Å². The van der Waals surface area contributed by atoms with Gasteiger partial charge in [0, 0.05) is 17.2 Å². The van der Waals surface area contributed by atoms with Crippen molar-refractivity contribution in [2.75, 3.05) is 0 Å². The van der Waals surface area contributed by atoms with Crippen molar-refractivity contribution in [1.82, 2.24) is 15.1 Å². The first-order chi connectivity index (χ1) is 9.14. The third-order valence-corrected chi connectivity index (χ3v) is 3.94. The zero-order valence-electron chi connectivity index (χ0n) is 13.6. The fourth-order valence-corrected chi connectivity index (χ4v) is 2.17. The van der Waals surface area contributed by atoms with Gasteiger partial charge in [-0.2, -0.15) is 5.10 Å². The molecule has 1 aromatic rings. The number of nitrogens with one attached hydrogen (secondary N) is 1. The van der Waals surface area contributed by atoms with Gasteiger partial charge in [0.2, 0.25) is 0 Å². The summed E-state index contributed by atoms with van der Waals surface area (Å²) >= 11 is 0. The van der Waals surface area contributed by atoms with Gasteiger partial charge in [0.1, 0.15) is 5.69 Å². The highest BCUT2D eigenvalue weighted by molar-refractivity contribution is 5.92. The van der Waals surface area contributed by atoms with Gasteiger partial charge < -0.3 is 5.32 Å². The maximum atomic E-state index is 12.4. The van der Waals surface area contributed by atoms with Crippen LogP contribution in [-0.4, -0.2) is 21.2 Å². The standard InChI is InChI=1S/C16H27N3O/c1-7-16(5,6)17-14(20)12-10-13(11-8-9-11)19(18-12)15(2,3)4/h10-11H,7-9H2,1-6H3,(H,17,20). The Morgan fingerprint density at radius 1 is 1.35 bits per heavy atom. The summed E-state index contributed by atoms with van der Waals surface area (Å²) < 4.78 is 2.03. The van der Waals surface area contributed by atoms with Crippen molar-refractivity contribution in [2.24, 2.45) is 0 Å². The summed E-state index contributed by atoms with van der Waals surface area (Å²) in [7, 11) is 0. The quantitative estimate of drug-likeness (QED) is 0.916. The fourth-order valence-electron chi connectivity index (χ4n) is 2.17. The number of rotatable bonds is 4. The van der Waals surface area contributed by atoms with E-state index < -0.39 is 0 Å². The molecule has 0 bridgehead atoms. The second kappa shape index (κ2) is 4.90.